The highest BCUT2D eigenvalue weighted by molar-refractivity contribution is 5.84. The van der Waals surface area contributed by atoms with Gasteiger partial charge in [-0.05, 0) is 47.2 Å². The van der Waals surface area contributed by atoms with Crippen LogP contribution in [0.5, 0.6) is 0 Å². The molecular weight excluding hydrogens is 450 g/mol. The Balaban J connectivity index is 1.92. The minimum absolute atomic E-state index is 0.0765. The normalized spacial score (nSPS) is 11.6. The van der Waals surface area contributed by atoms with Crippen molar-refractivity contribution in [1.82, 2.24) is 9.88 Å². The molecule has 0 fully saturated rings. The number of methoxy groups -OCH3 is 1. The molecule has 1 aromatic heterocycles. The van der Waals surface area contributed by atoms with Gasteiger partial charge in [-0.1, -0.05) is 69.7 Å². The molecule has 2 aromatic carbocycles. The second-order valence-corrected chi connectivity index (χ2v) is 9.13. The van der Waals surface area contributed by atoms with Crippen LogP contribution in [0.25, 0.3) is 22.4 Å². The van der Waals surface area contributed by atoms with Gasteiger partial charge in [-0.25, -0.2) is 4.79 Å². The van der Waals surface area contributed by atoms with E-state index in [2.05, 4.69) is 11.1 Å². The number of amides is 1. The van der Waals surface area contributed by atoms with Gasteiger partial charge in [-0.15, -0.1) is 0 Å². The molecule has 186 valence electrons. The van der Waals surface area contributed by atoms with Crippen LogP contribution in [0, 0.1) is 17.2 Å². The summed E-state index contributed by atoms with van der Waals surface area (Å²) in [6.07, 6.45) is 3.73. The van der Waals surface area contributed by atoms with E-state index in [0.717, 1.165) is 35.1 Å². The molecule has 36 heavy (non-hydrogen) atoms. The molecule has 0 saturated carbocycles. The van der Waals surface area contributed by atoms with E-state index < -0.39 is 12.0 Å². The lowest BCUT2D eigenvalue weighted by Crippen LogP contribution is -2.48. The maximum atomic E-state index is 13.1. The standard InChI is InChI=1S/C30H33N3O3/c1-5-6-12-28(34)33(29(21(2)3)30(35)36-4)20-22-13-16-27(32-19-22)26-17-24(14-15-25(26)18-31)23-10-8-7-9-11-23/h7-11,13-17,19,21,29H,5-6,12,20H2,1-4H3. The van der Waals surface area contributed by atoms with Crippen LogP contribution in [-0.2, 0) is 20.9 Å². The minimum atomic E-state index is -0.674. The van der Waals surface area contributed by atoms with Gasteiger partial charge in [-0.2, -0.15) is 5.26 Å². The molecule has 0 aliphatic carbocycles. The van der Waals surface area contributed by atoms with E-state index in [1.807, 2.05) is 81.4 Å². The van der Waals surface area contributed by atoms with E-state index >= 15 is 0 Å². The molecule has 1 atom stereocenters. The Morgan fingerprint density at radius 1 is 1.06 bits per heavy atom. The fourth-order valence-electron chi connectivity index (χ4n) is 4.23. The molecule has 6 nitrogen and oxygen atoms in total. The highest BCUT2D eigenvalue weighted by Gasteiger charge is 2.33. The predicted molar refractivity (Wildman–Crippen MR) is 141 cm³/mol. The van der Waals surface area contributed by atoms with Crippen molar-refractivity contribution in [2.24, 2.45) is 5.92 Å². The molecule has 0 saturated heterocycles. The Morgan fingerprint density at radius 2 is 1.81 bits per heavy atom. The third-order valence-corrected chi connectivity index (χ3v) is 6.18. The first kappa shape index (κ1) is 26.6. The zero-order valence-corrected chi connectivity index (χ0v) is 21.4. The fraction of sp³-hybridized carbons (Fsp3) is 0.333. The number of nitrogens with zero attached hydrogens (tertiary/aromatic N) is 3. The molecular formula is C30H33N3O3. The van der Waals surface area contributed by atoms with Crippen LogP contribution in [0.3, 0.4) is 0 Å². The first-order valence-electron chi connectivity index (χ1n) is 12.3. The highest BCUT2D eigenvalue weighted by atomic mass is 16.5. The van der Waals surface area contributed by atoms with Crippen LogP contribution in [0.2, 0.25) is 0 Å². The van der Waals surface area contributed by atoms with Crippen molar-refractivity contribution in [2.45, 2.75) is 52.6 Å². The first-order chi connectivity index (χ1) is 17.4. The van der Waals surface area contributed by atoms with Crippen molar-refractivity contribution in [1.29, 1.82) is 5.26 Å². The number of hydrogen-bond donors (Lipinski definition) is 0. The van der Waals surface area contributed by atoms with Crippen LogP contribution in [-0.4, -0.2) is 34.9 Å². The molecule has 1 heterocycles. The quantitative estimate of drug-likeness (QED) is 0.330. The molecule has 0 aliphatic rings. The zero-order valence-electron chi connectivity index (χ0n) is 21.4. The number of benzene rings is 2. The number of carbonyl (C=O) groups excluding carboxylic acids is 2. The van der Waals surface area contributed by atoms with Crippen molar-refractivity contribution >= 4 is 11.9 Å². The molecule has 0 N–H and O–H groups in total. The highest BCUT2D eigenvalue weighted by Crippen LogP contribution is 2.29. The molecule has 1 unspecified atom stereocenters. The number of unbranched alkanes of at least 4 members (excludes halogenated alkanes) is 1. The molecule has 6 heteroatoms. The third-order valence-electron chi connectivity index (χ3n) is 6.18. The topological polar surface area (TPSA) is 83.3 Å². The minimum Gasteiger partial charge on any atom is -0.467 e. The van der Waals surface area contributed by atoms with E-state index in [0.29, 0.717) is 17.7 Å². The van der Waals surface area contributed by atoms with Crippen molar-refractivity contribution in [2.75, 3.05) is 7.11 Å². The second kappa shape index (κ2) is 12.6. The van der Waals surface area contributed by atoms with E-state index in [9.17, 15) is 14.9 Å². The van der Waals surface area contributed by atoms with Crippen molar-refractivity contribution < 1.29 is 14.3 Å². The summed E-state index contributed by atoms with van der Waals surface area (Å²) < 4.78 is 5.02. The van der Waals surface area contributed by atoms with Crippen LogP contribution >= 0.6 is 0 Å². The number of esters is 1. The summed E-state index contributed by atoms with van der Waals surface area (Å²) in [5, 5.41) is 9.67. The summed E-state index contributed by atoms with van der Waals surface area (Å²) in [4.78, 5) is 31.9. The molecule has 0 aliphatic heterocycles. The summed E-state index contributed by atoms with van der Waals surface area (Å²) in [5.74, 6) is -0.600. The molecule has 0 bridgehead atoms. The van der Waals surface area contributed by atoms with Gasteiger partial charge in [0.25, 0.3) is 0 Å². The van der Waals surface area contributed by atoms with Crippen molar-refractivity contribution in [3.05, 3.63) is 78.0 Å². The van der Waals surface area contributed by atoms with Gasteiger partial charge >= 0.3 is 5.97 Å². The number of ether oxygens (including phenoxy) is 1. The number of hydrogen-bond acceptors (Lipinski definition) is 5. The van der Waals surface area contributed by atoms with E-state index in [4.69, 9.17) is 4.74 Å². The average molecular weight is 484 g/mol. The summed E-state index contributed by atoms with van der Waals surface area (Å²) >= 11 is 0. The molecule has 0 spiro atoms. The van der Waals surface area contributed by atoms with Gasteiger partial charge in [-0.3, -0.25) is 9.78 Å². The summed E-state index contributed by atoms with van der Waals surface area (Å²) in [6.45, 7) is 6.10. The van der Waals surface area contributed by atoms with E-state index in [1.165, 1.54) is 7.11 Å². The SMILES string of the molecule is CCCCC(=O)N(Cc1ccc(-c2cc(-c3ccccc3)ccc2C#N)nc1)C(C(=O)OC)C(C)C. The van der Waals surface area contributed by atoms with E-state index in [-0.39, 0.29) is 18.4 Å². The third kappa shape index (κ3) is 6.37. The van der Waals surface area contributed by atoms with Gasteiger partial charge in [0.2, 0.25) is 5.91 Å². The number of rotatable bonds is 10. The Morgan fingerprint density at radius 3 is 2.39 bits per heavy atom. The number of nitriles is 1. The zero-order chi connectivity index (χ0) is 26.1. The van der Waals surface area contributed by atoms with Crippen LogP contribution in [0.1, 0.15) is 51.2 Å². The summed E-state index contributed by atoms with van der Waals surface area (Å²) in [5.41, 5.74) is 4.82. The predicted octanol–water partition coefficient (Wildman–Crippen LogP) is 6.00. The average Bonchev–Trinajstić information content (AvgIpc) is 2.91. The second-order valence-electron chi connectivity index (χ2n) is 9.13. The molecule has 3 rings (SSSR count). The Kier molecular flexibility index (Phi) is 9.35. The lowest BCUT2D eigenvalue weighted by molar-refractivity contribution is -0.155. The van der Waals surface area contributed by atoms with Crippen LogP contribution in [0.15, 0.2) is 66.9 Å². The van der Waals surface area contributed by atoms with Crippen molar-refractivity contribution in [3.63, 3.8) is 0 Å². The van der Waals surface area contributed by atoms with Gasteiger partial charge in [0.05, 0.1) is 24.4 Å². The van der Waals surface area contributed by atoms with Crippen molar-refractivity contribution in [3.8, 4) is 28.5 Å². The summed E-state index contributed by atoms with van der Waals surface area (Å²) in [6, 6.07) is 21.0. The van der Waals surface area contributed by atoms with Crippen LogP contribution < -0.4 is 0 Å². The largest absolute Gasteiger partial charge is 0.467 e. The fourth-order valence-corrected chi connectivity index (χ4v) is 4.23. The smallest absolute Gasteiger partial charge is 0.328 e. The Hall–Kier alpha value is -3.98. The van der Waals surface area contributed by atoms with Gasteiger partial charge in [0, 0.05) is 24.7 Å². The monoisotopic (exact) mass is 483 g/mol. The van der Waals surface area contributed by atoms with Gasteiger partial charge < -0.3 is 9.64 Å². The number of pyridine rings is 1. The van der Waals surface area contributed by atoms with Gasteiger partial charge in [0.15, 0.2) is 0 Å². The van der Waals surface area contributed by atoms with Crippen LogP contribution in [0.4, 0.5) is 0 Å². The molecule has 0 radical (unpaired) electrons. The van der Waals surface area contributed by atoms with E-state index in [1.54, 1.807) is 11.1 Å². The molecule has 1 amide bonds. The Bertz CT molecular complexity index is 1210. The maximum absolute atomic E-state index is 13.1. The number of carbonyl (C=O) groups is 2. The van der Waals surface area contributed by atoms with Gasteiger partial charge in [0.1, 0.15) is 6.04 Å². The molecule has 3 aromatic rings. The summed E-state index contributed by atoms with van der Waals surface area (Å²) in [7, 11) is 1.35. The Labute approximate surface area is 213 Å². The lowest BCUT2D eigenvalue weighted by atomic mass is 9.97. The number of aromatic nitrogens is 1. The first-order valence-corrected chi connectivity index (χ1v) is 12.3. The maximum Gasteiger partial charge on any atom is 0.328 e. The lowest BCUT2D eigenvalue weighted by Gasteiger charge is -2.32.